The van der Waals surface area contributed by atoms with Gasteiger partial charge in [-0.05, 0) is 12.1 Å². The summed E-state index contributed by atoms with van der Waals surface area (Å²) < 4.78 is 0. The molecule has 0 saturated heterocycles. The lowest BCUT2D eigenvalue weighted by Gasteiger charge is -2.09. The molecule has 0 amide bonds. The number of hydrogen-bond acceptors (Lipinski definition) is 2. The molecule has 3 aromatic carbocycles. The lowest BCUT2D eigenvalue weighted by molar-refractivity contribution is 1.39. The largest absolute Gasteiger partial charge is 0.245 e. The van der Waals surface area contributed by atoms with Gasteiger partial charge in [-0.3, -0.25) is 0 Å². The van der Waals surface area contributed by atoms with Crippen LogP contribution in [0.25, 0.3) is 44.0 Å². The lowest BCUT2D eigenvalue weighted by atomic mass is 10.1. The quantitative estimate of drug-likeness (QED) is 0.266. The van der Waals surface area contributed by atoms with E-state index >= 15 is 0 Å². The second-order valence-electron chi connectivity index (χ2n) is 6.04. The Morgan fingerprint density at radius 3 is 2.24 bits per heavy atom. The summed E-state index contributed by atoms with van der Waals surface area (Å²) in [5.41, 5.74) is 4.64. The molecule has 0 fully saturated rings. The highest BCUT2D eigenvalue weighted by molar-refractivity contribution is 6.41. The number of halogens is 1. The van der Waals surface area contributed by atoms with Crippen LogP contribution >= 0.6 is 11.6 Å². The predicted molar refractivity (Wildman–Crippen MR) is 105 cm³/mol. The highest BCUT2D eigenvalue weighted by atomic mass is 35.5. The first-order valence-corrected chi connectivity index (χ1v) is 8.52. The van der Waals surface area contributed by atoms with Crippen LogP contribution in [0.5, 0.6) is 0 Å². The third-order valence-electron chi connectivity index (χ3n) is 4.51. The van der Waals surface area contributed by atoms with Gasteiger partial charge in [-0.2, -0.15) is 0 Å². The number of para-hydroxylation sites is 1. The fourth-order valence-corrected chi connectivity index (χ4v) is 3.57. The Kier molecular flexibility index (Phi) is 3.19. The van der Waals surface area contributed by atoms with Crippen molar-refractivity contribution in [2.75, 3.05) is 0 Å². The molecule has 2 nitrogen and oxygen atoms in total. The third kappa shape index (κ3) is 2.26. The van der Waals surface area contributed by atoms with E-state index in [0.717, 1.165) is 49.0 Å². The van der Waals surface area contributed by atoms with E-state index in [9.17, 15) is 0 Å². The first kappa shape index (κ1) is 14.4. The van der Waals surface area contributed by atoms with Gasteiger partial charge < -0.3 is 0 Å². The molecule has 0 bridgehead atoms. The maximum absolute atomic E-state index is 6.66. The zero-order chi connectivity index (χ0) is 16.8. The molecule has 0 aliphatic carbocycles. The van der Waals surface area contributed by atoms with Crippen LogP contribution in [0.15, 0.2) is 78.9 Å². The number of benzene rings is 3. The van der Waals surface area contributed by atoms with Gasteiger partial charge in [0.25, 0.3) is 0 Å². The number of fused-ring (bicyclic) bond motifs is 4. The lowest BCUT2D eigenvalue weighted by Crippen LogP contribution is -1.90. The number of pyridine rings is 2. The molecule has 0 saturated carbocycles. The van der Waals surface area contributed by atoms with Gasteiger partial charge in [0.05, 0.1) is 27.3 Å². The monoisotopic (exact) mass is 340 g/mol. The first-order valence-electron chi connectivity index (χ1n) is 8.14. The van der Waals surface area contributed by atoms with Gasteiger partial charge >= 0.3 is 0 Å². The topological polar surface area (TPSA) is 25.8 Å². The molecule has 0 atom stereocenters. The zero-order valence-electron chi connectivity index (χ0n) is 13.3. The van der Waals surface area contributed by atoms with Gasteiger partial charge in [0, 0.05) is 21.7 Å². The highest BCUT2D eigenvalue weighted by Crippen LogP contribution is 2.34. The summed E-state index contributed by atoms with van der Waals surface area (Å²) in [5, 5.41) is 3.70. The molecule has 2 aromatic heterocycles. The summed E-state index contributed by atoms with van der Waals surface area (Å²) in [6.07, 6.45) is 0. The van der Waals surface area contributed by atoms with Gasteiger partial charge in [0.1, 0.15) is 0 Å². The Bertz CT molecular complexity index is 1250. The fourth-order valence-electron chi connectivity index (χ4n) is 3.26. The molecule has 0 unspecified atom stereocenters. The average Bonchev–Trinajstić information content (AvgIpc) is 2.68. The van der Waals surface area contributed by atoms with Crippen molar-refractivity contribution in [3.8, 4) is 11.3 Å². The van der Waals surface area contributed by atoms with Crippen molar-refractivity contribution in [1.82, 2.24) is 9.97 Å². The molecular weight excluding hydrogens is 328 g/mol. The minimum atomic E-state index is 0.731. The molecule has 0 N–H and O–H groups in total. The van der Waals surface area contributed by atoms with Crippen molar-refractivity contribution in [3.63, 3.8) is 0 Å². The SMILES string of the molecule is Clc1c2ccccc2nc2c1ccc1ccc(-c3ccccc3)nc12. The first-order chi connectivity index (χ1) is 12.3. The van der Waals surface area contributed by atoms with E-state index in [-0.39, 0.29) is 0 Å². The Labute approximate surface area is 149 Å². The predicted octanol–water partition coefficient (Wildman–Crippen LogP) is 6.26. The van der Waals surface area contributed by atoms with Gasteiger partial charge in [-0.25, -0.2) is 9.97 Å². The average molecular weight is 341 g/mol. The molecule has 118 valence electrons. The smallest absolute Gasteiger partial charge is 0.0987 e. The number of nitrogens with zero attached hydrogens (tertiary/aromatic N) is 2. The Hall–Kier alpha value is -2.97. The van der Waals surface area contributed by atoms with E-state index in [1.165, 1.54) is 0 Å². The highest BCUT2D eigenvalue weighted by Gasteiger charge is 2.11. The standard InChI is InChI=1S/C22H13ClN2/c23-20-16-8-4-5-9-19(16)25-22-17(20)12-10-15-11-13-18(24-21(15)22)14-6-2-1-3-7-14/h1-13H. The van der Waals surface area contributed by atoms with Crippen LogP contribution in [-0.4, -0.2) is 9.97 Å². The summed E-state index contributed by atoms with van der Waals surface area (Å²) >= 11 is 6.66. The van der Waals surface area contributed by atoms with E-state index in [2.05, 4.69) is 24.3 Å². The number of hydrogen-bond donors (Lipinski definition) is 0. The summed E-state index contributed by atoms with van der Waals surface area (Å²) in [6, 6.07) is 26.4. The molecule has 25 heavy (non-hydrogen) atoms. The van der Waals surface area contributed by atoms with Crippen molar-refractivity contribution in [3.05, 3.63) is 83.9 Å². The van der Waals surface area contributed by atoms with Crippen molar-refractivity contribution in [1.29, 1.82) is 0 Å². The van der Waals surface area contributed by atoms with Gasteiger partial charge in [-0.1, -0.05) is 78.3 Å². The molecule has 0 aliphatic heterocycles. The van der Waals surface area contributed by atoms with Crippen molar-refractivity contribution < 1.29 is 0 Å². The Balaban J connectivity index is 1.90. The van der Waals surface area contributed by atoms with Crippen LogP contribution in [0, 0.1) is 0 Å². The van der Waals surface area contributed by atoms with Crippen LogP contribution in [-0.2, 0) is 0 Å². The molecule has 3 heteroatoms. The van der Waals surface area contributed by atoms with Crippen LogP contribution < -0.4 is 0 Å². The summed E-state index contributed by atoms with van der Waals surface area (Å²) in [7, 11) is 0. The molecule has 5 rings (SSSR count). The van der Waals surface area contributed by atoms with Crippen molar-refractivity contribution >= 4 is 44.3 Å². The van der Waals surface area contributed by atoms with E-state index in [4.69, 9.17) is 21.6 Å². The minimum Gasteiger partial charge on any atom is -0.245 e. The minimum absolute atomic E-state index is 0.731. The Morgan fingerprint density at radius 1 is 0.600 bits per heavy atom. The zero-order valence-corrected chi connectivity index (χ0v) is 14.0. The van der Waals surface area contributed by atoms with Gasteiger partial charge in [0.2, 0.25) is 0 Å². The van der Waals surface area contributed by atoms with Crippen molar-refractivity contribution in [2.24, 2.45) is 0 Å². The van der Waals surface area contributed by atoms with E-state index in [1.54, 1.807) is 0 Å². The van der Waals surface area contributed by atoms with Crippen LogP contribution in [0.3, 0.4) is 0 Å². The number of aromatic nitrogens is 2. The molecule has 0 radical (unpaired) electrons. The maximum Gasteiger partial charge on any atom is 0.0987 e. The summed E-state index contributed by atoms with van der Waals surface area (Å²) in [5.74, 6) is 0. The van der Waals surface area contributed by atoms with E-state index in [0.29, 0.717) is 0 Å². The maximum atomic E-state index is 6.66. The summed E-state index contributed by atoms with van der Waals surface area (Å²) in [4.78, 5) is 9.75. The molecule has 0 spiro atoms. The van der Waals surface area contributed by atoms with Crippen LogP contribution in [0.2, 0.25) is 5.02 Å². The Morgan fingerprint density at radius 2 is 1.36 bits per heavy atom. The van der Waals surface area contributed by atoms with Gasteiger partial charge in [-0.15, -0.1) is 0 Å². The second-order valence-corrected chi connectivity index (χ2v) is 6.42. The third-order valence-corrected chi connectivity index (χ3v) is 4.92. The van der Waals surface area contributed by atoms with Crippen molar-refractivity contribution in [2.45, 2.75) is 0 Å². The number of rotatable bonds is 1. The normalized spacial score (nSPS) is 11.4. The van der Waals surface area contributed by atoms with E-state index in [1.807, 2.05) is 54.6 Å². The molecule has 2 heterocycles. The van der Waals surface area contributed by atoms with Gasteiger partial charge in [0.15, 0.2) is 0 Å². The van der Waals surface area contributed by atoms with Crippen LogP contribution in [0.4, 0.5) is 0 Å². The second kappa shape index (κ2) is 5.54. The van der Waals surface area contributed by atoms with Crippen LogP contribution in [0.1, 0.15) is 0 Å². The fraction of sp³-hybridized carbons (Fsp3) is 0. The molecule has 0 aliphatic rings. The molecule has 5 aromatic rings. The summed E-state index contributed by atoms with van der Waals surface area (Å²) in [6.45, 7) is 0. The molecular formula is C22H13ClN2. The van der Waals surface area contributed by atoms with E-state index < -0.39 is 0 Å².